The van der Waals surface area contributed by atoms with Crippen LogP contribution in [-0.4, -0.2) is 24.0 Å². The van der Waals surface area contributed by atoms with Gasteiger partial charge in [0, 0.05) is 5.56 Å². The first-order chi connectivity index (χ1) is 12.1. The fourth-order valence-electron chi connectivity index (χ4n) is 4.45. The van der Waals surface area contributed by atoms with Crippen molar-refractivity contribution in [2.45, 2.75) is 38.7 Å². The van der Waals surface area contributed by atoms with E-state index in [2.05, 4.69) is 12.1 Å². The number of alkyl halides is 2. The Balaban J connectivity index is 1.92. The Morgan fingerprint density at radius 3 is 2.40 bits per heavy atom. The van der Waals surface area contributed by atoms with Gasteiger partial charge in [0.1, 0.15) is 0 Å². The number of fused-ring (bicyclic) bond motifs is 5. The molecule has 1 aliphatic carbocycles. The van der Waals surface area contributed by atoms with E-state index < -0.39 is 12.0 Å². The molecule has 3 aromatic rings. The van der Waals surface area contributed by atoms with Crippen molar-refractivity contribution in [1.29, 1.82) is 0 Å². The molecule has 25 heavy (non-hydrogen) atoms. The van der Waals surface area contributed by atoms with Crippen LogP contribution in [0.25, 0.3) is 21.5 Å². The Morgan fingerprint density at radius 1 is 0.920 bits per heavy atom. The Kier molecular flexibility index (Phi) is 3.99. The fourth-order valence-corrected chi connectivity index (χ4v) is 4.45. The second kappa shape index (κ2) is 6.06. The van der Waals surface area contributed by atoms with Crippen molar-refractivity contribution < 1.29 is 8.78 Å². The molecule has 4 rings (SSSR count). The summed E-state index contributed by atoms with van der Waals surface area (Å²) >= 11 is 0. The summed E-state index contributed by atoms with van der Waals surface area (Å²) < 4.78 is 30.6. The van der Waals surface area contributed by atoms with Gasteiger partial charge in [0.05, 0.1) is 6.04 Å². The Morgan fingerprint density at radius 2 is 1.64 bits per heavy atom. The monoisotopic (exact) mass is 339 g/mol. The predicted molar refractivity (Wildman–Crippen MR) is 100 cm³/mol. The first-order valence-electron chi connectivity index (χ1n) is 9.13. The molecular formula is C22H23F2N. The number of benzene rings is 3. The van der Waals surface area contributed by atoms with E-state index in [4.69, 9.17) is 0 Å². The number of hydrogen-bond acceptors (Lipinski definition) is 1. The van der Waals surface area contributed by atoms with Gasteiger partial charge in [-0.3, -0.25) is 4.90 Å². The number of likely N-dealkylation sites (N-methyl/N-ethyl adjacent to an activating group) is 1. The van der Waals surface area contributed by atoms with Gasteiger partial charge in [-0.2, -0.15) is 8.78 Å². The lowest BCUT2D eigenvalue weighted by Crippen LogP contribution is -2.48. The zero-order chi connectivity index (χ0) is 17.6. The van der Waals surface area contributed by atoms with E-state index >= 15 is 8.78 Å². The maximum atomic E-state index is 15.3. The zero-order valence-electron chi connectivity index (χ0n) is 14.7. The summed E-state index contributed by atoms with van der Waals surface area (Å²) in [6.07, 6.45) is 1.22. The van der Waals surface area contributed by atoms with Gasteiger partial charge in [0.15, 0.2) is 0 Å². The van der Waals surface area contributed by atoms with Gasteiger partial charge in [-0.15, -0.1) is 0 Å². The lowest BCUT2D eigenvalue weighted by atomic mass is 9.81. The van der Waals surface area contributed by atoms with Crippen LogP contribution in [0.15, 0.2) is 48.5 Å². The molecule has 1 atom stereocenters. The van der Waals surface area contributed by atoms with Gasteiger partial charge in [-0.25, -0.2) is 0 Å². The third kappa shape index (κ3) is 2.44. The van der Waals surface area contributed by atoms with E-state index in [9.17, 15) is 0 Å². The second-order valence-corrected chi connectivity index (χ2v) is 6.87. The molecule has 0 saturated heterocycles. The molecule has 0 fully saturated rings. The lowest BCUT2D eigenvalue weighted by molar-refractivity contribution is -0.0955. The van der Waals surface area contributed by atoms with Gasteiger partial charge in [0.25, 0.3) is 5.92 Å². The maximum absolute atomic E-state index is 15.3. The molecule has 1 unspecified atom stereocenters. The molecule has 0 spiro atoms. The molecule has 0 bridgehead atoms. The highest BCUT2D eigenvalue weighted by Gasteiger charge is 2.48. The summed E-state index contributed by atoms with van der Waals surface area (Å²) in [5, 5.41) is 4.35. The summed E-state index contributed by atoms with van der Waals surface area (Å²) in [6, 6.07) is 15.1. The topological polar surface area (TPSA) is 3.24 Å². The van der Waals surface area contributed by atoms with Crippen LogP contribution in [0, 0.1) is 0 Å². The van der Waals surface area contributed by atoms with Crippen LogP contribution in [0.3, 0.4) is 0 Å². The van der Waals surface area contributed by atoms with Crippen molar-refractivity contribution in [3.05, 3.63) is 59.7 Å². The van der Waals surface area contributed by atoms with Gasteiger partial charge < -0.3 is 0 Å². The molecule has 0 aliphatic heterocycles. The lowest BCUT2D eigenvalue weighted by Gasteiger charge is -2.40. The number of halogens is 2. The fraction of sp³-hybridized carbons (Fsp3) is 0.364. The molecule has 0 saturated carbocycles. The van der Waals surface area contributed by atoms with Crippen LogP contribution in [0.2, 0.25) is 0 Å². The van der Waals surface area contributed by atoms with Crippen molar-refractivity contribution >= 4 is 21.5 Å². The first-order valence-corrected chi connectivity index (χ1v) is 9.13. The normalized spacial score (nSPS) is 19.5. The van der Waals surface area contributed by atoms with E-state index in [-0.39, 0.29) is 5.56 Å². The standard InChI is InChI=1S/C22H23F2N/c1-3-25(4-2)21-14-12-19-18-10-9-15-7-5-6-8-16(15)17(18)11-13-20(19)22(21,23)24/h5-11,13,21H,3-4,12,14H2,1-2H3. The Hall–Kier alpha value is -2.00. The van der Waals surface area contributed by atoms with Crippen LogP contribution in [-0.2, 0) is 12.3 Å². The minimum Gasteiger partial charge on any atom is -0.295 e. The van der Waals surface area contributed by atoms with Crippen LogP contribution < -0.4 is 0 Å². The van der Waals surface area contributed by atoms with E-state index in [1.807, 2.05) is 49.1 Å². The molecule has 0 N–H and O–H groups in total. The van der Waals surface area contributed by atoms with E-state index in [0.717, 1.165) is 27.1 Å². The molecule has 0 amide bonds. The van der Waals surface area contributed by atoms with Crippen molar-refractivity contribution in [2.75, 3.05) is 13.1 Å². The van der Waals surface area contributed by atoms with Crippen molar-refractivity contribution in [2.24, 2.45) is 0 Å². The number of aryl methyl sites for hydroxylation is 1. The summed E-state index contributed by atoms with van der Waals surface area (Å²) in [5.41, 5.74) is 1.05. The summed E-state index contributed by atoms with van der Waals surface area (Å²) in [6.45, 7) is 5.23. The second-order valence-electron chi connectivity index (χ2n) is 6.87. The van der Waals surface area contributed by atoms with Gasteiger partial charge in [0.2, 0.25) is 0 Å². The summed E-state index contributed by atoms with van der Waals surface area (Å²) in [7, 11) is 0. The van der Waals surface area contributed by atoms with E-state index in [1.54, 1.807) is 6.07 Å². The van der Waals surface area contributed by atoms with Crippen LogP contribution in [0.4, 0.5) is 8.78 Å². The molecule has 0 radical (unpaired) electrons. The highest BCUT2D eigenvalue weighted by Crippen LogP contribution is 2.45. The number of nitrogens with zero attached hydrogens (tertiary/aromatic N) is 1. The van der Waals surface area contributed by atoms with Gasteiger partial charge >= 0.3 is 0 Å². The summed E-state index contributed by atoms with van der Waals surface area (Å²) in [4.78, 5) is 1.90. The van der Waals surface area contributed by atoms with Crippen molar-refractivity contribution in [3.63, 3.8) is 0 Å². The SMILES string of the molecule is CCN(CC)C1CCc2c(ccc3c2ccc2ccccc23)C1(F)F. The Labute approximate surface area is 147 Å². The van der Waals surface area contributed by atoms with Crippen LogP contribution in [0.1, 0.15) is 31.4 Å². The average molecular weight is 339 g/mol. The molecule has 3 aromatic carbocycles. The molecule has 1 aliphatic rings. The van der Waals surface area contributed by atoms with Crippen molar-refractivity contribution in [1.82, 2.24) is 4.90 Å². The van der Waals surface area contributed by atoms with E-state index in [0.29, 0.717) is 25.9 Å². The molecule has 1 nitrogen and oxygen atoms in total. The third-order valence-electron chi connectivity index (χ3n) is 5.74. The average Bonchev–Trinajstić information content (AvgIpc) is 2.63. The molecule has 0 aromatic heterocycles. The highest BCUT2D eigenvalue weighted by atomic mass is 19.3. The minimum atomic E-state index is -2.81. The van der Waals surface area contributed by atoms with Crippen LogP contribution >= 0.6 is 0 Å². The van der Waals surface area contributed by atoms with Gasteiger partial charge in [-0.1, -0.05) is 62.4 Å². The van der Waals surface area contributed by atoms with Gasteiger partial charge in [-0.05, 0) is 53.0 Å². The van der Waals surface area contributed by atoms with E-state index in [1.165, 1.54) is 0 Å². The minimum absolute atomic E-state index is 0.221. The number of hydrogen-bond donors (Lipinski definition) is 0. The molecule has 0 heterocycles. The molecular weight excluding hydrogens is 316 g/mol. The van der Waals surface area contributed by atoms with Crippen molar-refractivity contribution in [3.8, 4) is 0 Å². The number of rotatable bonds is 3. The third-order valence-corrected chi connectivity index (χ3v) is 5.74. The quantitative estimate of drug-likeness (QED) is 0.550. The smallest absolute Gasteiger partial charge is 0.288 e. The summed E-state index contributed by atoms with van der Waals surface area (Å²) in [5.74, 6) is -2.81. The molecule has 3 heteroatoms. The Bertz CT molecular complexity index is 928. The predicted octanol–water partition coefficient (Wildman–Crippen LogP) is 5.74. The largest absolute Gasteiger partial charge is 0.295 e. The highest BCUT2D eigenvalue weighted by molar-refractivity contribution is 6.08. The zero-order valence-corrected chi connectivity index (χ0v) is 14.7. The molecule has 130 valence electrons. The maximum Gasteiger partial charge on any atom is 0.288 e. The van der Waals surface area contributed by atoms with Crippen LogP contribution in [0.5, 0.6) is 0 Å². The first kappa shape index (κ1) is 16.5.